The Morgan fingerprint density at radius 3 is 2.73 bits per heavy atom. The van der Waals surface area contributed by atoms with Gasteiger partial charge in [-0.25, -0.2) is 0 Å². The fourth-order valence-electron chi connectivity index (χ4n) is 4.52. The molecule has 0 aromatic heterocycles. The van der Waals surface area contributed by atoms with Crippen LogP contribution >= 0.6 is 0 Å². The Hall–Kier alpha value is -0.660. The van der Waals surface area contributed by atoms with Gasteiger partial charge in [0.1, 0.15) is 11.6 Å². The molecule has 0 N–H and O–H groups in total. The minimum absolute atomic E-state index is 0.0764. The van der Waals surface area contributed by atoms with Gasteiger partial charge in [0.25, 0.3) is 0 Å². The molecule has 0 aliphatic heterocycles. The molecule has 5 atom stereocenters. The highest BCUT2D eigenvalue weighted by Crippen LogP contribution is 2.62. The first kappa shape index (κ1) is 9.56. The lowest BCUT2D eigenvalue weighted by atomic mass is 9.72. The molecule has 2 heteroatoms. The van der Waals surface area contributed by atoms with Crippen LogP contribution in [0.5, 0.6) is 0 Å². The summed E-state index contributed by atoms with van der Waals surface area (Å²) in [6.07, 6.45) is 3.90. The maximum atomic E-state index is 12.1. The zero-order valence-corrected chi connectivity index (χ0v) is 9.45. The molecule has 0 amide bonds. The first-order valence-electron chi connectivity index (χ1n) is 6.12. The van der Waals surface area contributed by atoms with Crippen molar-refractivity contribution in [3.05, 3.63) is 0 Å². The second-order valence-corrected chi connectivity index (χ2v) is 5.95. The summed E-state index contributed by atoms with van der Waals surface area (Å²) in [5, 5.41) is 0. The molecular weight excluding hydrogens is 188 g/mol. The van der Waals surface area contributed by atoms with Gasteiger partial charge in [0, 0.05) is 23.7 Å². The van der Waals surface area contributed by atoms with Crippen molar-refractivity contribution in [3.63, 3.8) is 0 Å². The van der Waals surface area contributed by atoms with E-state index >= 15 is 0 Å². The SMILES string of the molecule is CC1C[C@@H]2C[C@H]3CCC(=O)[C@@]3(C)[C@@H]2C1=O. The largest absolute Gasteiger partial charge is 0.299 e. The molecule has 3 aliphatic carbocycles. The Kier molecular flexibility index (Phi) is 1.73. The normalized spacial score (nSPS) is 53.5. The second kappa shape index (κ2) is 2.72. The van der Waals surface area contributed by atoms with Crippen LogP contribution in [0, 0.1) is 29.1 Å². The third-order valence-corrected chi connectivity index (χ3v) is 5.32. The summed E-state index contributed by atoms with van der Waals surface area (Å²) in [5.74, 6) is 2.05. The van der Waals surface area contributed by atoms with Gasteiger partial charge in [-0.1, -0.05) is 13.8 Å². The molecule has 0 heterocycles. The predicted octanol–water partition coefficient (Wildman–Crippen LogP) is 2.22. The van der Waals surface area contributed by atoms with Crippen LogP contribution in [0.4, 0.5) is 0 Å². The quantitative estimate of drug-likeness (QED) is 0.609. The van der Waals surface area contributed by atoms with E-state index in [-0.39, 0.29) is 17.3 Å². The highest BCUT2D eigenvalue weighted by atomic mass is 16.1. The molecule has 0 radical (unpaired) electrons. The van der Waals surface area contributed by atoms with Crippen LogP contribution in [-0.4, -0.2) is 11.6 Å². The van der Waals surface area contributed by atoms with Crippen LogP contribution in [-0.2, 0) is 9.59 Å². The molecule has 82 valence electrons. The van der Waals surface area contributed by atoms with E-state index in [9.17, 15) is 9.59 Å². The molecule has 1 unspecified atom stereocenters. The van der Waals surface area contributed by atoms with Gasteiger partial charge in [-0.05, 0) is 31.1 Å². The van der Waals surface area contributed by atoms with E-state index in [4.69, 9.17) is 0 Å². The monoisotopic (exact) mass is 206 g/mol. The van der Waals surface area contributed by atoms with Crippen molar-refractivity contribution in [1.29, 1.82) is 0 Å². The molecular formula is C13H18O2. The average Bonchev–Trinajstić information content (AvgIpc) is 2.70. The van der Waals surface area contributed by atoms with E-state index in [2.05, 4.69) is 6.92 Å². The van der Waals surface area contributed by atoms with E-state index in [0.29, 0.717) is 29.8 Å². The Morgan fingerprint density at radius 1 is 1.27 bits per heavy atom. The van der Waals surface area contributed by atoms with Crippen molar-refractivity contribution in [2.24, 2.45) is 29.1 Å². The molecule has 15 heavy (non-hydrogen) atoms. The second-order valence-electron chi connectivity index (χ2n) is 5.95. The molecule has 2 nitrogen and oxygen atoms in total. The molecule has 3 saturated carbocycles. The van der Waals surface area contributed by atoms with Gasteiger partial charge in [0.2, 0.25) is 0 Å². The Labute approximate surface area is 90.4 Å². The van der Waals surface area contributed by atoms with Gasteiger partial charge < -0.3 is 0 Å². The molecule has 0 bridgehead atoms. The van der Waals surface area contributed by atoms with Crippen molar-refractivity contribution in [2.45, 2.75) is 39.5 Å². The summed E-state index contributed by atoms with van der Waals surface area (Å²) in [7, 11) is 0. The maximum Gasteiger partial charge on any atom is 0.140 e. The molecule has 3 fully saturated rings. The highest BCUT2D eigenvalue weighted by molar-refractivity contribution is 5.97. The molecule has 0 aromatic carbocycles. The summed E-state index contributed by atoms with van der Waals surface area (Å²) < 4.78 is 0. The van der Waals surface area contributed by atoms with Crippen molar-refractivity contribution in [1.82, 2.24) is 0 Å². The van der Waals surface area contributed by atoms with Crippen molar-refractivity contribution < 1.29 is 9.59 Å². The first-order valence-corrected chi connectivity index (χ1v) is 6.12. The summed E-state index contributed by atoms with van der Waals surface area (Å²) in [5.41, 5.74) is -0.271. The van der Waals surface area contributed by atoms with E-state index in [1.54, 1.807) is 0 Å². The van der Waals surface area contributed by atoms with Crippen LogP contribution < -0.4 is 0 Å². The Morgan fingerprint density at radius 2 is 2.00 bits per heavy atom. The number of Topliss-reactive ketones (excluding diaryl/α,β-unsaturated/α-hetero) is 2. The first-order chi connectivity index (χ1) is 7.05. The highest BCUT2D eigenvalue weighted by Gasteiger charge is 2.63. The van der Waals surface area contributed by atoms with E-state index < -0.39 is 0 Å². The maximum absolute atomic E-state index is 12.1. The Bertz CT molecular complexity index is 346. The zero-order chi connectivity index (χ0) is 10.8. The van der Waals surface area contributed by atoms with Gasteiger partial charge in [0.15, 0.2) is 0 Å². The third kappa shape index (κ3) is 0.957. The summed E-state index contributed by atoms with van der Waals surface area (Å²) in [4.78, 5) is 24.1. The number of carbonyl (C=O) groups excluding carboxylic acids is 2. The molecule has 0 aromatic rings. The average molecular weight is 206 g/mol. The topological polar surface area (TPSA) is 34.1 Å². The Balaban J connectivity index is 2.03. The number of fused-ring (bicyclic) bond motifs is 3. The van der Waals surface area contributed by atoms with Gasteiger partial charge in [-0.15, -0.1) is 0 Å². The minimum Gasteiger partial charge on any atom is -0.299 e. The van der Waals surface area contributed by atoms with Crippen molar-refractivity contribution in [2.75, 3.05) is 0 Å². The lowest BCUT2D eigenvalue weighted by molar-refractivity contribution is -0.136. The zero-order valence-electron chi connectivity index (χ0n) is 9.45. The van der Waals surface area contributed by atoms with E-state index in [0.717, 1.165) is 19.3 Å². The van der Waals surface area contributed by atoms with Crippen LogP contribution in [0.3, 0.4) is 0 Å². The smallest absolute Gasteiger partial charge is 0.140 e. The summed E-state index contributed by atoms with van der Waals surface area (Å²) in [6.45, 7) is 4.09. The van der Waals surface area contributed by atoms with Crippen LogP contribution in [0.25, 0.3) is 0 Å². The van der Waals surface area contributed by atoms with Crippen molar-refractivity contribution in [3.8, 4) is 0 Å². The minimum atomic E-state index is -0.271. The van der Waals surface area contributed by atoms with Crippen LogP contribution in [0.15, 0.2) is 0 Å². The van der Waals surface area contributed by atoms with Gasteiger partial charge >= 0.3 is 0 Å². The number of hydrogen-bond acceptors (Lipinski definition) is 2. The summed E-state index contributed by atoms with van der Waals surface area (Å²) in [6, 6.07) is 0. The lowest BCUT2D eigenvalue weighted by Crippen LogP contribution is -2.36. The van der Waals surface area contributed by atoms with E-state index in [1.165, 1.54) is 0 Å². The molecule has 0 saturated heterocycles. The molecule has 3 aliphatic rings. The van der Waals surface area contributed by atoms with Crippen LogP contribution in [0.1, 0.15) is 39.5 Å². The lowest BCUT2D eigenvalue weighted by Gasteiger charge is -2.28. The fourth-order valence-corrected chi connectivity index (χ4v) is 4.52. The third-order valence-electron chi connectivity index (χ3n) is 5.32. The number of ketones is 2. The standard InChI is InChI=1S/C13H18O2/c1-7-5-8-6-9-3-4-10(14)13(9,2)11(8)12(7)15/h7-9,11H,3-6H2,1-2H3/t7?,8-,9-,11+,13+/m1/s1. The fraction of sp³-hybridized carbons (Fsp3) is 0.846. The number of carbonyl (C=O) groups is 2. The molecule has 3 rings (SSSR count). The van der Waals surface area contributed by atoms with Gasteiger partial charge in [0.05, 0.1) is 0 Å². The van der Waals surface area contributed by atoms with E-state index in [1.807, 2.05) is 6.92 Å². The molecule has 0 spiro atoms. The predicted molar refractivity (Wildman–Crippen MR) is 56.2 cm³/mol. The van der Waals surface area contributed by atoms with Gasteiger partial charge in [-0.3, -0.25) is 9.59 Å². The number of hydrogen-bond donors (Lipinski definition) is 0. The van der Waals surface area contributed by atoms with Crippen molar-refractivity contribution >= 4 is 11.6 Å². The number of rotatable bonds is 0. The van der Waals surface area contributed by atoms with Gasteiger partial charge in [-0.2, -0.15) is 0 Å². The van der Waals surface area contributed by atoms with Crippen LogP contribution in [0.2, 0.25) is 0 Å². The summed E-state index contributed by atoms with van der Waals surface area (Å²) >= 11 is 0.